The van der Waals surface area contributed by atoms with Crippen LogP contribution < -0.4 is 0 Å². The van der Waals surface area contributed by atoms with E-state index in [4.69, 9.17) is 4.74 Å². The smallest absolute Gasteiger partial charge is 0.338 e. The van der Waals surface area contributed by atoms with Crippen molar-refractivity contribution in [2.45, 2.75) is 58.5 Å². The van der Waals surface area contributed by atoms with Gasteiger partial charge in [-0.25, -0.2) is 4.79 Å². The molecule has 0 fully saturated rings. The first-order valence-electron chi connectivity index (χ1n) is 8.93. The van der Waals surface area contributed by atoms with Crippen LogP contribution in [0.3, 0.4) is 0 Å². The number of hydrogen-bond acceptors (Lipinski definition) is 2. The highest BCUT2D eigenvalue weighted by atomic mass is 16.6. The van der Waals surface area contributed by atoms with Crippen molar-refractivity contribution in [2.24, 2.45) is 0 Å². The molecule has 0 amide bonds. The molecule has 0 aliphatic carbocycles. The van der Waals surface area contributed by atoms with Crippen molar-refractivity contribution < 1.29 is 9.53 Å². The van der Waals surface area contributed by atoms with Crippen LogP contribution >= 0.6 is 0 Å². The first kappa shape index (κ1) is 18.3. The monoisotopic (exact) mass is 324 g/mol. The third kappa shape index (κ3) is 4.95. The summed E-state index contributed by atoms with van der Waals surface area (Å²) in [7, 11) is 0. The number of rotatable bonds is 8. The van der Waals surface area contributed by atoms with Crippen LogP contribution in [-0.4, -0.2) is 11.6 Å². The van der Waals surface area contributed by atoms with E-state index in [1.54, 1.807) is 0 Å². The van der Waals surface area contributed by atoms with Gasteiger partial charge in [0.25, 0.3) is 0 Å². The van der Waals surface area contributed by atoms with Gasteiger partial charge in [0, 0.05) is 0 Å². The Morgan fingerprint density at radius 3 is 2.29 bits per heavy atom. The van der Waals surface area contributed by atoms with E-state index in [1.807, 2.05) is 49.4 Å². The molecule has 0 saturated heterocycles. The average Bonchev–Trinajstić information content (AvgIpc) is 2.61. The minimum atomic E-state index is -0.438. The van der Waals surface area contributed by atoms with Crippen molar-refractivity contribution >= 4 is 5.97 Å². The molecule has 2 aromatic rings. The average molecular weight is 324 g/mol. The Bertz CT molecular complexity index is 648. The Labute approximate surface area is 145 Å². The highest BCUT2D eigenvalue weighted by Crippen LogP contribution is 2.25. The van der Waals surface area contributed by atoms with Crippen LogP contribution in [0, 0.1) is 0 Å². The Morgan fingerprint density at radius 2 is 1.62 bits per heavy atom. The summed E-state index contributed by atoms with van der Waals surface area (Å²) >= 11 is 0. The lowest BCUT2D eigenvalue weighted by atomic mass is 9.93. The number of aryl methyl sites for hydroxylation is 2. The van der Waals surface area contributed by atoms with Crippen molar-refractivity contribution in [3.8, 4) is 0 Å². The van der Waals surface area contributed by atoms with E-state index in [0.29, 0.717) is 5.56 Å². The Balaban J connectivity index is 2.07. The van der Waals surface area contributed by atoms with Crippen LogP contribution in [0.2, 0.25) is 0 Å². The van der Waals surface area contributed by atoms with Crippen molar-refractivity contribution in [3.63, 3.8) is 0 Å². The molecule has 2 nitrogen and oxygen atoms in total. The molecule has 24 heavy (non-hydrogen) atoms. The Morgan fingerprint density at radius 1 is 0.958 bits per heavy atom. The van der Waals surface area contributed by atoms with Gasteiger partial charge in [-0.05, 0) is 49.8 Å². The van der Waals surface area contributed by atoms with Crippen LogP contribution in [0.4, 0.5) is 0 Å². The zero-order chi connectivity index (χ0) is 17.4. The first-order chi connectivity index (χ1) is 11.6. The summed E-state index contributed by atoms with van der Waals surface area (Å²) in [5, 5.41) is 0. The lowest BCUT2D eigenvalue weighted by Gasteiger charge is -2.29. The van der Waals surface area contributed by atoms with Gasteiger partial charge in [0.1, 0.15) is 5.60 Å². The summed E-state index contributed by atoms with van der Waals surface area (Å²) in [4.78, 5) is 12.7. The number of esters is 1. The molecule has 2 heteroatoms. The maximum Gasteiger partial charge on any atom is 0.338 e. The third-order valence-corrected chi connectivity index (χ3v) is 4.63. The normalized spacial score (nSPS) is 13.3. The number of carbonyl (C=O) groups excluding carboxylic acids is 1. The molecule has 0 aromatic heterocycles. The fourth-order valence-corrected chi connectivity index (χ4v) is 2.84. The first-order valence-corrected chi connectivity index (χ1v) is 8.93. The van der Waals surface area contributed by atoms with Crippen molar-refractivity contribution in [1.82, 2.24) is 0 Å². The van der Waals surface area contributed by atoms with E-state index in [-0.39, 0.29) is 5.97 Å². The second-order valence-electron chi connectivity index (χ2n) is 6.59. The van der Waals surface area contributed by atoms with E-state index in [0.717, 1.165) is 37.7 Å². The third-order valence-electron chi connectivity index (χ3n) is 4.63. The Hall–Kier alpha value is -2.09. The van der Waals surface area contributed by atoms with E-state index in [9.17, 15) is 4.79 Å². The predicted octanol–water partition coefficient (Wildman–Crippen LogP) is 5.60. The summed E-state index contributed by atoms with van der Waals surface area (Å²) in [5.74, 6) is -0.198. The lowest BCUT2D eigenvalue weighted by Crippen LogP contribution is -2.32. The fraction of sp³-hybridized carbons (Fsp3) is 0.409. The van der Waals surface area contributed by atoms with Gasteiger partial charge in [0.05, 0.1) is 5.56 Å². The van der Waals surface area contributed by atoms with Gasteiger partial charge in [-0.2, -0.15) is 0 Å². The quantitative estimate of drug-likeness (QED) is 0.591. The molecule has 0 heterocycles. The molecule has 0 aliphatic heterocycles. The number of carbonyl (C=O) groups is 1. The van der Waals surface area contributed by atoms with Crippen molar-refractivity contribution in [1.29, 1.82) is 0 Å². The molecular weight excluding hydrogens is 296 g/mol. The van der Waals surface area contributed by atoms with Gasteiger partial charge < -0.3 is 4.74 Å². The van der Waals surface area contributed by atoms with Crippen LogP contribution in [0.25, 0.3) is 0 Å². The van der Waals surface area contributed by atoms with E-state index in [2.05, 4.69) is 26.0 Å². The zero-order valence-corrected chi connectivity index (χ0v) is 15.0. The lowest BCUT2D eigenvalue weighted by molar-refractivity contribution is -0.0153. The molecule has 128 valence electrons. The summed E-state index contributed by atoms with van der Waals surface area (Å²) in [6, 6.07) is 18.1. The molecule has 2 aromatic carbocycles. The molecule has 1 atom stereocenters. The van der Waals surface area contributed by atoms with Gasteiger partial charge in [0.15, 0.2) is 0 Å². The molecule has 0 spiro atoms. The molecule has 2 rings (SSSR count). The van der Waals surface area contributed by atoms with E-state index < -0.39 is 5.60 Å². The zero-order valence-electron chi connectivity index (χ0n) is 15.0. The molecule has 0 saturated carbocycles. The fourth-order valence-electron chi connectivity index (χ4n) is 2.84. The van der Waals surface area contributed by atoms with Gasteiger partial charge in [0.2, 0.25) is 0 Å². The number of hydrogen-bond donors (Lipinski definition) is 0. The summed E-state index contributed by atoms with van der Waals surface area (Å²) < 4.78 is 5.94. The summed E-state index contributed by atoms with van der Waals surface area (Å²) in [6.07, 6.45) is 4.47. The predicted molar refractivity (Wildman–Crippen MR) is 99.3 cm³/mol. The molecule has 0 bridgehead atoms. The van der Waals surface area contributed by atoms with Crippen molar-refractivity contribution in [2.75, 3.05) is 0 Å². The van der Waals surface area contributed by atoms with Crippen LogP contribution in [-0.2, 0) is 17.6 Å². The summed E-state index contributed by atoms with van der Waals surface area (Å²) in [5.41, 5.74) is 2.62. The summed E-state index contributed by atoms with van der Waals surface area (Å²) in [6.45, 7) is 6.24. The molecule has 0 radical (unpaired) electrons. The molecule has 1 unspecified atom stereocenters. The van der Waals surface area contributed by atoms with Crippen LogP contribution in [0.1, 0.15) is 61.5 Å². The van der Waals surface area contributed by atoms with Gasteiger partial charge in [-0.1, -0.05) is 68.8 Å². The highest BCUT2D eigenvalue weighted by molar-refractivity contribution is 5.91. The SMILES string of the molecule is CCCc1ccccc1C(=O)OC(C)(CC)CCc1ccccc1. The largest absolute Gasteiger partial charge is 0.456 e. The standard InChI is InChI=1S/C22H28O2/c1-4-11-19-14-9-10-15-20(19)21(23)24-22(3,5-2)17-16-18-12-7-6-8-13-18/h6-10,12-15H,4-5,11,16-17H2,1-3H3. The van der Waals surface area contributed by atoms with E-state index >= 15 is 0 Å². The van der Waals surface area contributed by atoms with Gasteiger partial charge in [-0.3, -0.25) is 0 Å². The second kappa shape index (κ2) is 8.68. The van der Waals surface area contributed by atoms with Crippen LogP contribution in [0.15, 0.2) is 54.6 Å². The second-order valence-corrected chi connectivity index (χ2v) is 6.59. The molecular formula is C22H28O2. The number of ether oxygens (including phenoxy) is 1. The Kier molecular flexibility index (Phi) is 6.60. The maximum absolute atomic E-state index is 12.7. The topological polar surface area (TPSA) is 26.3 Å². The van der Waals surface area contributed by atoms with Crippen LogP contribution in [0.5, 0.6) is 0 Å². The molecule has 0 aliphatic rings. The van der Waals surface area contributed by atoms with Gasteiger partial charge in [-0.15, -0.1) is 0 Å². The minimum absolute atomic E-state index is 0.198. The van der Waals surface area contributed by atoms with E-state index in [1.165, 1.54) is 5.56 Å². The number of benzene rings is 2. The highest BCUT2D eigenvalue weighted by Gasteiger charge is 2.28. The maximum atomic E-state index is 12.7. The van der Waals surface area contributed by atoms with Gasteiger partial charge >= 0.3 is 5.97 Å². The minimum Gasteiger partial charge on any atom is -0.456 e. The molecule has 0 N–H and O–H groups in total. The van der Waals surface area contributed by atoms with Crippen molar-refractivity contribution in [3.05, 3.63) is 71.3 Å².